The largest absolute Gasteiger partial charge is 0.504 e. The van der Waals surface area contributed by atoms with E-state index in [-0.39, 0.29) is 34.4 Å². The molecule has 3 rings (SSSR count). The molecule has 3 aromatic rings. The van der Waals surface area contributed by atoms with Crippen molar-refractivity contribution in [3.8, 4) is 23.0 Å². The van der Waals surface area contributed by atoms with Crippen molar-refractivity contribution in [1.82, 2.24) is 15.8 Å². The van der Waals surface area contributed by atoms with Crippen LogP contribution < -0.4 is 20.3 Å². The molecular formula is C23H21N5O6. The van der Waals surface area contributed by atoms with Crippen LogP contribution in [0.25, 0.3) is 0 Å². The van der Waals surface area contributed by atoms with Gasteiger partial charge in [0, 0.05) is 0 Å². The maximum Gasteiger partial charge on any atom is 0.289 e. The van der Waals surface area contributed by atoms with Crippen molar-refractivity contribution in [3.05, 3.63) is 77.1 Å². The predicted molar refractivity (Wildman–Crippen MR) is 124 cm³/mol. The van der Waals surface area contributed by atoms with Crippen molar-refractivity contribution in [1.29, 1.82) is 0 Å². The number of aromatic nitrogens is 1. The standard InChI is InChI=1S/C23H21N5O6/c1-33-20-10-14(6-8-18(20)29)12-24-27-22(31)16-4-3-5-17(26-16)23(32)28-25-13-15-7-9-19(30)21(11-15)34-2/h3-13,29-30H,1-2H3,(H,27,31)(H,28,32)/b24-12-,25-13-. The summed E-state index contributed by atoms with van der Waals surface area (Å²) < 4.78 is 10.0. The summed E-state index contributed by atoms with van der Waals surface area (Å²) in [6, 6.07) is 13.5. The van der Waals surface area contributed by atoms with Gasteiger partial charge in [0.2, 0.25) is 0 Å². The third-order valence-corrected chi connectivity index (χ3v) is 4.38. The van der Waals surface area contributed by atoms with Crippen LogP contribution >= 0.6 is 0 Å². The second kappa shape index (κ2) is 11.1. The van der Waals surface area contributed by atoms with Crippen molar-refractivity contribution in [3.63, 3.8) is 0 Å². The Balaban J connectivity index is 1.61. The predicted octanol–water partition coefficient (Wildman–Crippen LogP) is 2.04. The third kappa shape index (κ3) is 6.07. The number of methoxy groups -OCH3 is 2. The van der Waals surface area contributed by atoms with Crippen molar-refractivity contribution in [2.75, 3.05) is 14.2 Å². The molecule has 0 unspecified atom stereocenters. The number of rotatable bonds is 8. The van der Waals surface area contributed by atoms with Crippen LogP contribution in [0.4, 0.5) is 0 Å². The summed E-state index contributed by atoms with van der Waals surface area (Å²) in [5.41, 5.74) is 5.75. The molecule has 0 saturated carbocycles. The first-order chi connectivity index (χ1) is 16.4. The van der Waals surface area contributed by atoms with Gasteiger partial charge in [-0.05, 0) is 59.7 Å². The molecule has 0 spiro atoms. The molecule has 174 valence electrons. The van der Waals surface area contributed by atoms with Gasteiger partial charge in [-0.2, -0.15) is 10.2 Å². The van der Waals surface area contributed by atoms with Crippen LogP contribution in [0.5, 0.6) is 23.0 Å². The molecule has 0 aliphatic rings. The molecule has 34 heavy (non-hydrogen) atoms. The molecule has 11 nitrogen and oxygen atoms in total. The molecule has 1 heterocycles. The normalized spacial score (nSPS) is 10.9. The van der Waals surface area contributed by atoms with E-state index in [0.717, 1.165) is 0 Å². The Morgan fingerprint density at radius 2 is 1.24 bits per heavy atom. The summed E-state index contributed by atoms with van der Waals surface area (Å²) in [4.78, 5) is 28.7. The summed E-state index contributed by atoms with van der Waals surface area (Å²) in [5, 5.41) is 26.9. The number of nitrogens with zero attached hydrogens (tertiary/aromatic N) is 3. The highest BCUT2D eigenvalue weighted by atomic mass is 16.5. The molecule has 4 N–H and O–H groups in total. The molecular weight excluding hydrogens is 442 g/mol. The zero-order valence-electron chi connectivity index (χ0n) is 18.2. The van der Waals surface area contributed by atoms with Gasteiger partial charge in [0.05, 0.1) is 26.6 Å². The van der Waals surface area contributed by atoms with Gasteiger partial charge in [-0.25, -0.2) is 15.8 Å². The average Bonchev–Trinajstić information content (AvgIpc) is 2.85. The van der Waals surface area contributed by atoms with E-state index in [1.54, 1.807) is 24.3 Å². The van der Waals surface area contributed by atoms with E-state index in [9.17, 15) is 19.8 Å². The number of hydrazone groups is 2. The number of nitrogens with one attached hydrogen (secondary N) is 2. The zero-order valence-corrected chi connectivity index (χ0v) is 18.2. The topological polar surface area (TPSA) is 155 Å². The monoisotopic (exact) mass is 463 g/mol. The van der Waals surface area contributed by atoms with E-state index in [4.69, 9.17) is 9.47 Å². The lowest BCUT2D eigenvalue weighted by atomic mass is 10.2. The van der Waals surface area contributed by atoms with E-state index in [2.05, 4.69) is 26.0 Å². The fourth-order valence-electron chi connectivity index (χ4n) is 2.68. The van der Waals surface area contributed by atoms with Gasteiger partial charge in [0.1, 0.15) is 11.4 Å². The molecule has 0 bridgehead atoms. The van der Waals surface area contributed by atoms with Gasteiger partial charge in [-0.3, -0.25) is 9.59 Å². The number of pyridine rings is 1. The lowest BCUT2D eigenvalue weighted by Crippen LogP contribution is -2.23. The number of hydrogen-bond donors (Lipinski definition) is 4. The average molecular weight is 463 g/mol. The van der Waals surface area contributed by atoms with Gasteiger partial charge in [0.15, 0.2) is 23.0 Å². The first kappa shape index (κ1) is 23.7. The van der Waals surface area contributed by atoms with Crippen molar-refractivity contribution < 1.29 is 29.3 Å². The number of phenolic OH excluding ortho intramolecular Hbond substituents is 2. The lowest BCUT2D eigenvalue weighted by Gasteiger charge is -2.04. The minimum absolute atomic E-state index is 0.0184. The van der Waals surface area contributed by atoms with E-state index in [1.807, 2.05) is 0 Å². The van der Waals surface area contributed by atoms with Crippen LogP contribution in [-0.4, -0.2) is 53.7 Å². The van der Waals surface area contributed by atoms with E-state index in [0.29, 0.717) is 11.1 Å². The minimum Gasteiger partial charge on any atom is -0.504 e. The molecule has 0 aliphatic heterocycles. The van der Waals surface area contributed by atoms with Gasteiger partial charge in [0.25, 0.3) is 11.8 Å². The molecule has 11 heteroatoms. The Bertz CT molecular complexity index is 1170. The van der Waals surface area contributed by atoms with Gasteiger partial charge < -0.3 is 19.7 Å². The Morgan fingerprint density at radius 1 is 0.794 bits per heavy atom. The van der Waals surface area contributed by atoms with Crippen molar-refractivity contribution in [2.45, 2.75) is 0 Å². The number of carbonyl (C=O) groups excluding carboxylic acids is 2. The highest BCUT2D eigenvalue weighted by molar-refractivity contribution is 5.97. The molecule has 0 radical (unpaired) electrons. The molecule has 2 aromatic carbocycles. The molecule has 2 amide bonds. The van der Waals surface area contributed by atoms with Crippen LogP contribution in [0.1, 0.15) is 32.1 Å². The second-order valence-electron chi connectivity index (χ2n) is 6.67. The quantitative estimate of drug-likeness (QED) is 0.294. The summed E-state index contributed by atoms with van der Waals surface area (Å²) in [7, 11) is 2.84. The zero-order chi connectivity index (χ0) is 24.5. The van der Waals surface area contributed by atoms with E-state index >= 15 is 0 Å². The highest BCUT2D eigenvalue weighted by Crippen LogP contribution is 2.26. The molecule has 0 saturated heterocycles. The Morgan fingerprint density at radius 3 is 1.65 bits per heavy atom. The molecule has 0 fully saturated rings. The molecule has 1 aromatic heterocycles. The smallest absolute Gasteiger partial charge is 0.289 e. The van der Waals surface area contributed by atoms with Gasteiger partial charge >= 0.3 is 0 Å². The number of ether oxygens (including phenoxy) is 2. The summed E-state index contributed by atoms with van der Waals surface area (Å²) in [5.74, 6) is -0.761. The number of carbonyl (C=O) groups is 2. The number of amides is 2. The number of benzene rings is 2. The van der Waals surface area contributed by atoms with Crippen LogP contribution in [0.15, 0.2) is 64.8 Å². The van der Waals surface area contributed by atoms with Gasteiger partial charge in [-0.15, -0.1) is 0 Å². The highest BCUT2D eigenvalue weighted by Gasteiger charge is 2.12. The minimum atomic E-state index is -0.628. The van der Waals surface area contributed by atoms with Crippen molar-refractivity contribution in [2.24, 2.45) is 10.2 Å². The van der Waals surface area contributed by atoms with E-state index < -0.39 is 11.8 Å². The molecule has 0 atom stereocenters. The molecule has 0 aliphatic carbocycles. The second-order valence-corrected chi connectivity index (χ2v) is 6.67. The Labute approximate surface area is 194 Å². The Kier molecular flexibility index (Phi) is 7.74. The van der Waals surface area contributed by atoms with Crippen LogP contribution in [0.3, 0.4) is 0 Å². The number of phenols is 2. The van der Waals surface area contributed by atoms with Crippen LogP contribution in [-0.2, 0) is 0 Å². The number of aromatic hydroxyl groups is 2. The van der Waals surface area contributed by atoms with Crippen molar-refractivity contribution >= 4 is 24.2 Å². The Hall–Kier alpha value is -4.93. The fourth-order valence-corrected chi connectivity index (χ4v) is 2.68. The number of hydrogen-bond acceptors (Lipinski definition) is 9. The summed E-state index contributed by atoms with van der Waals surface area (Å²) in [6.45, 7) is 0. The SMILES string of the molecule is COc1cc(/C=N\NC(=O)c2cccc(C(=O)N/N=C\c3ccc(O)c(OC)c3)n2)ccc1O. The maximum absolute atomic E-state index is 12.3. The van der Waals surface area contributed by atoms with Crippen LogP contribution in [0.2, 0.25) is 0 Å². The summed E-state index contributed by atoms with van der Waals surface area (Å²) >= 11 is 0. The fraction of sp³-hybridized carbons (Fsp3) is 0.0870. The summed E-state index contributed by atoms with van der Waals surface area (Å²) in [6.07, 6.45) is 2.73. The van der Waals surface area contributed by atoms with Crippen LogP contribution in [0, 0.1) is 0 Å². The van der Waals surface area contributed by atoms with Gasteiger partial charge in [-0.1, -0.05) is 6.07 Å². The first-order valence-electron chi connectivity index (χ1n) is 9.79. The van der Waals surface area contributed by atoms with E-state index in [1.165, 1.54) is 57.0 Å². The third-order valence-electron chi connectivity index (χ3n) is 4.38. The maximum atomic E-state index is 12.3. The lowest BCUT2D eigenvalue weighted by molar-refractivity contribution is 0.0945. The first-order valence-corrected chi connectivity index (χ1v) is 9.79.